The Morgan fingerprint density at radius 3 is 2.64 bits per heavy atom. The third-order valence-electron chi connectivity index (χ3n) is 4.84. The van der Waals surface area contributed by atoms with E-state index in [4.69, 9.17) is 9.40 Å². The zero-order valence-corrected chi connectivity index (χ0v) is 14.6. The zero-order chi connectivity index (χ0) is 18.5. The number of hydrogen-bond donors (Lipinski definition) is 0. The summed E-state index contributed by atoms with van der Waals surface area (Å²) < 4.78 is 8.18. The van der Waals surface area contributed by atoms with E-state index >= 15 is 0 Å². The molecule has 6 heteroatoms. The number of aromatic nitrogens is 5. The van der Waals surface area contributed by atoms with Crippen LogP contribution in [0.25, 0.3) is 50.3 Å². The highest BCUT2D eigenvalue weighted by Gasteiger charge is 2.20. The maximum atomic E-state index is 6.21. The first-order valence-electron chi connectivity index (χ1n) is 8.91. The van der Waals surface area contributed by atoms with Crippen molar-refractivity contribution in [2.24, 2.45) is 0 Å². The van der Waals surface area contributed by atoms with E-state index in [1.165, 1.54) is 0 Å². The van der Waals surface area contributed by atoms with Gasteiger partial charge in [-0.1, -0.05) is 30.3 Å². The van der Waals surface area contributed by atoms with Gasteiger partial charge in [-0.2, -0.15) is 0 Å². The molecule has 132 valence electrons. The number of fused-ring (bicyclic) bond motifs is 5. The Bertz CT molecular complexity index is 1470. The largest absolute Gasteiger partial charge is 0.439 e. The van der Waals surface area contributed by atoms with Crippen LogP contribution < -0.4 is 0 Å². The number of nitrogens with zero attached hydrogens (tertiary/aromatic N) is 5. The summed E-state index contributed by atoms with van der Waals surface area (Å²) in [5, 5.41) is 2.00. The summed E-state index contributed by atoms with van der Waals surface area (Å²) >= 11 is 0. The number of rotatable bonds is 2. The molecule has 5 aromatic heterocycles. The van der Waals surface area contributed by atoms with Crippen LogP contribution in [0, 0.1) is 0 Å². The van der Waals surface area contributed by atoms with Gasteiger partial charge in [0.05, 0.1) is 28.5 Å². The highest BCUT2D eigenvalue weighted by Crippen LogP contribution is 2.37. The smallest absolute Gasteiger partial charge is 0.216 e. The lowest BCUT2D eigenvalue weighted by Crippen LogP contribution is -1.99. The second-order valence-electron chi connectivity index (χ2n) is 6.47. The molecular formula is C22H13N5O. The third-order valence-corrected chi connectivity index (χ3v) is 4.84. The fourth-order valence-electron chi connectivity index (χ4n) is 3.64. The lowest BCUT2D eigenvalue weighted by molar-refractivity contribution is 0.643. The molecule has 28 heavy (non-hydrogen) atoms. The Kier molecular flexibility index (Phi) is 3.07. The second-order valence-corrected chi connectivity index (χ2v) is 6.47. The lowest BCUT2D eigenvalue weighted by Gasteiger charge is -2.07. The third kappa shape index (κ3) is 2.08. The van der Waals surface area contributed by atoms with Crippen LogP contribution in [0.1, 0.15) is 0 Å². The molecule has 0 N–H and O–H groups in total. The lowest BCUT2D eigenvalue weighted by atomic mass is 10.2. The average Bonchev–Trinajstić information content (AvgIpc) is 3.29. The van der Waals surface area contributed by atoms with Gasteiger partial charge in [0.1, 0.15) is 23.2 Å². The van der Waals surface area contributed by atoms with Crippen molar-refractivity contribution in [2.75, 3.05) is 0 Å². The highest BCUT2D eigenvalue weighted by molar-refractivity contribution is 6.18. The minimum atomic E-state index is 0.711. The van der Waals surface area contributed by atoms with E-state index in [2.05, 4.69) is 15.0 Å². The number of hydrogen-bond acceptors (Lipinski definition) is 5. The molecule has 0 bridgehead atoms. The molecule has 0 radical (unpaired) electrons. The van der Waals surface area contributed by atoms with Gasteiger partial charge in [0.2, 0.25) is 5.71 Å². The Morgan fingerprint density at radius 2 is 1.71 bits per heavy atom. The van der Waals surface area contributed by atoms with Gasteiger partial charge in [-0.15, -0.1) is 0 Å². The van der Waals surface area contributed by atoms with Crippen molar-refractivity contribution in [3.05, 3.63) is 79.4 Å². The van der Waals surface area contributed by atoms with Gasteiger partial charge in [0, 0.05) is 11.6 Å². The van der Waals surface area contributed by atoms with Crippen LogP contribution >= 0.6 is 0 Å². The van der Waals surface area contributed by atoms with Crippen molar-refractivity contribution >= 4 is 33.1 Å². The van der Waals surface area contributed by atoms with Gasteiger partial charge in [0.15, 0.2) is 0 Å². The molecule has 0 saturated heterocycles. The molecular weight excluding hydrogens is 350 g/mol. The monoisotopic (exact) mass is 363 g/mol. The fraction of sp³-hybridized carbons (Fsp3) is 0. The Morgan fingerprint density at radius 1 is 0.821 bits per heavy atom. The van der Waals surface area contributed by atoms with Crippen molar-refractivity contribution in [1.29, 1.82) is 0 Å². The van der Waals surface area contributed by atoms with Crippen molar-refractivity contribution in [1.82, 2.24) is 24.5 Å². The summed E-state index contributed by atoms with van der Waals surface area (Å²) in [7, 11) is 0. The molecule has 1 aromatic carbocycles. The molecule has 6 aromatic rings. The van der Waals surface area contributed by atoms with Crippen molar-refractivity contribution in [2.45, 2.75) is 0 Å². The minimum Gasteiger partial charge on any atom is -0.439 e. The van der Waals surface area contributed by atoms with E-state index in [1.54, 1.807) is 18.7 Å². The van der Waals surface area contributed by atoms with Crippen molar-refractivity contribution in [3.8, 4) is 17.2 Å². The van der Waals surface area contributed by atoms with E-state index in [0.717, 1.165) is 44.6 Å². The minimum absolute atomic E-state index is 0.711. The molecule has 6 nitrogen and oxygen atoms in total. The van der Waals surface area contributed by atoms with E-state index in [9.17, 15) is 0 Å². The van der Waals surface area contributed by atoms with Gasteiger partial charge < -0.3 is 4.42 Å². The van der Waals surface area contributed by atoms with Gasteiger partial charge >= 0.3 is 0 Å². The predicted octanol–water partition coefficient (Wildman–Crippen LogP) is 4.78. The van der Waals surface area contributed by atoms with Crippen LogP contribution in [-0.4, -0.2) is 24.5 Å². The molecule has 0 unspecified atom stereocenters. The highest BCUT2D eigenvalue weighted by atomic mass is 16.3. The summed E-state index contributed by atoms with van der Waals surface area (Å²) in [5.74, 6) is 0.733. The number of benzene rings is 1. The molecule has 0 aliphatic heterocycles. The number of pyridine rings is 2. The van der Waals surface area contributed by atoms with Crippen LogP contribution in [0.3, 0.4) is 0 Å². The summed E-state index contributed by atoms with van der Waals surface area (Å²) in [4.78, 5) is 18.0. The molecule has 0 atom stereocenters. The molecule has 6 rings (SSSR count). The van der Waals surface area contributed by atoms with Gasteiger partial charge in [0.25, 0.3) is 0 Å². The predicted molar refractivity (Wildman–Crippen MR) is 107 cm³/mol. The van der Waals surface area contributed by atoms with Crippen molar-refractivity contribution < 1.29 is 4.42 Å². The zero-order valence-electron chi connectivity index (χ0n) is 14.6. The fourth-order valence-corrected chi connectivity index (χ4v) is 3.64. The topological polar surface area (TPSA) is 69.6 Å². The average molecular weight is 363 g/mol. The number of para-hydroxylation sites is 1. The summed E-state index contributed by atoms with van der Waals surface area (Å²) in [6.07, 6.45) is 5.12. The summed E-state index contributed by atoms with van der Waals surface area (Å²) in [6, 6.07) is 19.6. The SMILES string of the molecule is c1ccc(-c2cccc(-n3c4cncnc4c4c5ccccc5oc43)n2)nc1. The van der Waals surface area contributed by atoms with Gasteiger partial charge in [-0.05, 0) is 30.3 Å². The van der Waals surface area contributed by atoms with Crippen LogP contribution in [0.5, 0.6) is 0 Å². The molecule has 0 aliphatic carbocycles. The molecule has 5 heterocycles. The van der Waals surface area contributed by atoms with Gasteiger partial charge in [-0.3, -0.25) is 9.55 Å². The first-order chi connectivity index (χ1) is 13.9. The van der Waals surface area contributed by atoms with E-state index in [1.807, 2.05) is 65.2 Å². The van der Waals surface area contributed by atoms with E-state index < -0.39 is 0 Å². The van der Waals surface area contributed by atoms with Crippen molar-refractivity contribution in [3.63, 3.8) is 0 Å². The first-order valence-corrected chi connectivity index (χ1v) is 8.91. The Balaban J connectivity index is 1.70. The standard InChI is InChI=1S/C22H13N5O/c1-2-9-18-14(6-1)20-21-17(12-23-13-25-21)27(22(20)28-18)19-10-5-8-16(26-19)15-7-3-4-11-24-15/h1-13H. The Labute approximate surface area is 159 Å². The van der Waals surface area contributed by atoms with E-state index in [-0.39, 0.29) is 0 Å². The first kappa shape index (κ1) is 15.0. The van der Waals surface area contributed by atoms with Crippen LogP contribution in [-0.2, 0) is 0 Å². The molecule has 0 amide bonds. The van der Waals surface area contributed by atoms with Crippen LogP contribution in [0.15, 0.2) is 83.8 Å². The summed E-state index contributed by atoms with van der Waals surface area (Å²) in [6.45, 7) is 0. The molecule has 0 saturated carbocycles. The molecule has 0 spiro atoms. The number of furan rings is 1. The maximum Gasteiger partial charge on any atom is 0.216 e. The quantitative estimate of drug-likeness (QED) is 0.443. The van der Waals surface area contributed by atoms with Crippen LogP contribution in [0.4, 0.5) is 0 Å². The maximum absolute atomic E-state index is 6.21. The summed E-state index contributed by atoms with van der Waals surface area (Å²) in [5.41, 5.74) is 4.84. The normalized spacial score (nSPS) is 11.6. The Hall–Kier alpha value is -4.06. The van der Waals surface area contributed by atoms with Gasteiger partial charge in [-0.25, -0.2) is 15.0 Å². The second kappa shape index (κ2) is 5.72. The molecule has 0 aliphatic rings. The van der Waals surface area contributed by atoms with E-state index in [0.29, 0.717) is 5.71 Å². The molecule has 0 fully saturated rings. The van der Waals surface area contributed by atoms with Crippen LogP contribution in [0.2, 0.25) is 0 Å².